The molecular weight excluding hydrogens is 867 g/mol. The van der Waals surface area contributed by atoms with Crippen molar-refractivity contribution < 1.29 is 67.0 Å². The Hall–Kier alpha value is -6.54. The highest BCUT2D eigenvalue weighted by Crippen LogP contribution is 2.33. The molecule has 366 valence electrons. The molecule has 4 aliphatic heterocycles. The number of hydrogen-bond donors (Lipinski definition) is 5. The molecular formula is C48H69N7O12+2. The standard InChI is InChI=1S/C13H20N4O3.C13H21N3O2.C9H8O3.C8H6O3.C3H8.C2H4O/c1-15-11(18)5-3-9-4-6-12(20-9)17(2)8-7-10(14)16-13(17)19;1-3-4-5-10-6-7-12(18-10)16(2)9-8-11(14)15-13(16)17;1-6(10)7-4-2-3-5-8(7)9(11)12;9-5-6-3-1-2-4-7(6)8(10)11;1-3-2;1-2-3/h7-9,12H,3-6H2,1-2H3,(H2-,14,15,16,18,19);8-10,12H,3-7H2,1-2H3,(H-,14,15,17);2-5H,1H3,(H,11,12);1-5H,(H,10,11);3H2,1-2H3;2H,1H3/p+2. The molecule has 0 aromatic heterocycles. The van der Waals surface area contributed by atoms with Gasteiger partial charge in [-0.2, -0.15) is 8.97 Å². The Morgan fingerprint density at radius 1 is 0.746 bits per heavy atom. The quantitative estimate of drug-likeness (QED) is 0.0813. The molecule has 5 amide bonds. The smallest absolute Gasteiger partial charge is 0.451 e. The van der Waals surface area contributed by atoms with Gasteiger partial charge in [0.25, 0.3) is 0 Å². The van der Waals surface area contributed by atoms with Gasteiger partial charge in [0, 0.05) is 49.6 Å². The summed E-state index contributed by atoms with van der Waals surface area (Å²) in [5.74, 6) is -1.87. The number of nitrogens with zero attached hydrogens (tertiary/aromatic N) is 4. The highest BCUT2D eigenvalue weighted by Gasteiger charge is 2.47. The average molecular weight is 936 g/mol. The number of carbonyl (C=O) groups excluding carboxylic acids is 6. The number of carbonyl (C=O) groups is 8. The number of aromatic carboxylic acids is 2. The number of aldehydes is 2. The topological polar surface area (TPSA) is 284 Å². The number of amidine groups is 2. The fourth-order valence-corrected chi connectivity index (χ4v) is 6.75. The Morgan fingerprint density at radius 2 is 1.16 bits per heavy atom. The van der Waals surface area contributed by atoms with E-state index in [2.05, 4.69) is 36.1 Å². The zero-order chi connectivity index (χ0) is 50.7. The monoisotopic (exact) mass is 935 g/mol. The van der Waals surface area contributed by atoms with E-state index in [9.17, 15) is 33.6 Å². The Bertz CT molecular complexity index is 2110. The largest absolute Gasteiger partial charge is 0.478 e. The molecule has 0 saturated carbocycles. The first-order chi connectivity index (χ1) is 31.7. The number of carboxylic acids is 2. The number of aliphatic imine (C=N–C) groups is 2. The number of nitrogens with one attached hydrogen (secondary N) is 1. The number of benzene rings is 2. The SMILES string of the molecule is CC(=O)c1ccccc1C(=O)O.CC=O.CCC.CCCCC1CCC([N+]2(C)C=CC(N)=NC2=O)O1.CNC(=O)CCC1CCC([N+]2(C)C=CC(N)=NC2=O)O1.O=Cc1ccccc1C(=O)O. The third-order valence-corrected chi connectivity index (χ3v) is 10.5. The Balaban J connectivity index is 0.000000439. The number of rotatable bonds is 12. The summed E-state index contributed by atoms with van der Waals surface area (Å²) < 4.78 is 12.0. The van der Waals surface area contributed by atoms with Gasteiger partial charge in [-0.15, -0.1) is 9.98 Å². The molecule has 0 radical (unpaired) electrons. The van der Waals surface area contributed by atoms with Crippen LogP contribution >= 0.6 is 0 Å². The van der Waals surface area contributed by atoms with Crippen molar-refractivity contribution in [3.05, 3.63) is 95.3 Å². The summed E-state index contributed by atoms with van der Waals surface area (Å²) in [6, 6.07) is 11.7. The summed E-state index contributed by atoms with van der Waals surface area (Å²) >= 11 is 0. The molecule has 2 aromatic carbocycles. The van der Waals surface area contributed by atoms with E-state index in [0.717, 1.165) is 38.4 Å². The lowest BCUT2D eigenvalue weighted by molar-refractivity contribution is -0.830. The third kappa shape index (κ3) is 18.7. The van der Waals surface area contributed by atoms with Crippen molar-refractivity contribution in [3.8, 4) is 0 Å². The summed E-state index contributed by atoms with van der Waals surface area (Å²) in [5.41, 5.74) is 11.6. The molecule has 67 heavy (non-hydrogen) atoms. The van der Waals surface area contributed by atoms with E-state index >= 15 is 0 Å². The predicted octanol–water partition coefficient (Wildman–Crippen LogP) is 7.01. The van der Waals surface area contributed by atoms with Gasteiger partial charge >= 0.3 is 24.0 Å². The summed E-state index contributed by atoms with van der Waals surface area (Å²) in [6.45, 7) is 9.22. The number of urea groups is 2. The normalized spacial score (nSPS) is 23.2. The predicted molar refractivity (Wildman–Crippen MR) is 253 cm³/mol. The van der Waals surface area contributed by atoms with Crippen LogP contribution in [-0.4, -0.2) is 125 Å². The number of carboxylic acid groups (broad SMARTS) is 2. The number of amides is 5. The highest BCUT2D eigenvalue weighted by atomic mass is 16.5. The molecule has 4 heterocycles. The second-order valence-electron chi connectivity index (χ2n) is 15.9. The van der Waals surface area contributed by atoms with E-state index in [1.54, 1.807) is 62.9 Å². The minimum Gasteiger partial charge on any atom is -0.478 e. The van der Waals surface area contributed by atoms with Crippen molar-refractivity contribution in [1.29, 1.82) is 0 Å². The van der Waals surface area contributed by atoms with Gasteiger partial charge in [-0.25, -0.2) is 19.2 Å². The number of ketones is 1. The molecule has 2 aromatic rings. The number of unbranched alkanes of at least 4 members (excludes halogenated alkanes) is 1. The van der Waals surface area contributed by atoms with Gasteiger partial charge in [0.15, 0.2) is 12.1 Å². The van der Waals surface area contributed by atoms with E-state index in [4.69, 9.17) is 35.9 Å². The highest BCUT2D eigenvalue weighted by molar-refractivity contribution is 6.04. The van der Waals surface area contributed by atoms with E-state index < -0.39 is 11.9 Å². The zero-order valence-corrected chi connectivity index (χ0v) is 39.9. The maximum Gasteiger partial charge on any atom is 0.451 e. The van der Waals surface area contributed by atoms with Crippen molar-refractivity contribution in [1.82, 2.24) is 5.32 Å². The van der Waals surface area contributed by atoms with Crippen molar-refractivity contribution in [2.45, 2.75) is 123 Å². The van der Waals surface area contributed by atoms with E-state index in [1.165, 1.54) is 57.4 Å². The van der Waals surface area contributed by atoms with E-state index in [1.807, 2.05) is 7.05 Å². The minimum absolute atomic E-state index is 0.00348. The van der Waals surface area contributed by atoms with Gasteiger partial charge in [0.1, 0.15) is 30.4 Å². The first-order valence-electron chi connectivity index (χ1n) is 22.1. The van der Waals surface area contributed by atoms with Gasteiger partial charge in [0.2, 0.25) is 18.4 Å². The summed E-state index contributed by atoms with van der Waals surface area (Å²) in [5, 5.41) is 19.8. The van der Waals surface area contributed by atoms with E-state index in [-0.39, 0.29) is 91.3 Å². The maximum atomic E-state index is 12.0. The van der Waals surface area contributed by atoms with Crippen LogP contribution in [0.25, 0.3) is 0 Å². The van der Waals surface area contributed by atoms with Crippen LogP contribution in [0.4, 0.5) is 9.59 Å². The molecule has 2 fully saturated rings. The van der Waals surface area contributed by atoms with Gasteiger partial charge < -0.3 is 41.3 Å². The Labute approximate surface area is 392 Å². The van der Waals surface area contributed by atoms with Crippen LogP contribution in [0.1, 0.15) is 140 Å². The van der Waals surface area contributed by atoms with Gasteiger partial charge in [0.05, 0.1) is 37.4 Å². The number of Topliss-reactive ketones (excluding diaryl/α,β-unsaturated/α-hetero) is 1. The third-order valence-electron chi connectivity index (χ3n) is 10.5. The van der Waals surface area contributed by atoms with Gasteiger partial charge in [-0.05, 0) is 51.7 Å². The molecule has 6 rings (SSSR count). The first kappa shape index (κ1) is 58.5. The molecule has 0 aliphatic carbocycles. The number of hydrogen-bond acceptors (Lipinski definition) is 12. The van der Waals surface area contributed by atoms with Crippen LogP contribution in [0, 0.1) is 0 Å². The van der Waals surface area contributed by atoms with Crippen molar-refractivity contribution in [2.75, 3.05) is 21.1 Å². The molecule has 4 aliphatic rings. The summed E-state index contributed by atoms with van der Waals surface area (Å²) in [7, 11) is 5.22. The molecule has 6 unspecified atom stereocenters. The lowest BCUT2D eigenvalue weighted by Crippen LogP contribution is -2.53. The zero-order valence-electron chi connectivity index (χ0n) is 39.9. The van der Waals surface area contributed by atoms with Crippen LogP contribution in [0.15, 0.2) is 83.1 Å². The lowest BCUT2D eigenvalue weighted by atomic mass is 10.1. The van der Waals surface area contributed by atoms with Gasteiger partial charge in [-0.1, -0.05) is 76.4 Å². The second-order valence-corrected chi connectivity index (χ2v) is 15.9. The molecule has 0 bridgehead atoms. The number of nitrogens with two attached hydrogens (primary N) is 2. The molecule has 2 saturated heterocycles. The minimum atomic E-state index is -1.08. The maximum absolute atomic E-state index is 12.0. The molecule has 6 atom stereocenters. The van der Waals surface area contributed by atoms with E-state index in [0.29, 0.717) is 19.1 Å². The Kier molecular flexibility index (Phi) is 26.1. The fraction of sp³-hybridized carbons (Fsp3) is 0.458. The van der Waals surface area contributed by atoms with Crippen molar-refractivity contribution >= 4 is 59.9 Å². The van der Waals surface area contributed by atoms with Crippen molar-refractivity contribution in [3.63, 3.8) is 0 Å². The second kappa shape index (κ2) is 29.9. The van der Waals surface area contributed by atoms with Crippen LogP contribution in [0.3, 0.4) is 0 Å². The average Bonchev–Trinajstić information content (AvgIpc) is 4.00. The van der Waals surface area contributed by atoms with Crippen LogP contribution in [-0.2, 0) is 19.1 Å². The summed E-state index contributed by atoms with van der Waals surface area (Å²) in [6.07, 6.45) is 17.3. The van der Waals surface area contributed by atoms with Crippen LogP contribution in [0.5, 0.6) is 0 Å². The number of quaternary nitrogens is 2. The lowest BCUT2D eigenvalue weighted by Gasteiger charge is -2.32. The Morgan fingerprint density at radius 3 is 1.52 bits per heavy atom. The summed E-state index contributed by atoms with van der Waals surface area (Å²) in [4.78, 5) is 93.9. The first-order valence-corrected chi connectivity index (χ1v) is 22.1. The molecule has 0 spiro atoms. The molecule has 19 heteroatoms. The van der Waals surface area contributed by atoms with Crippen molar-refractivity contribution in [2.24, 2.45) is 21.5 Å². The number of ether oxygens (including phenoxy) is 2. The van der Waals surface area contributed by atoms with Crippen LogP contribution in [0.2, 0.25) is 0 Å². The van der Waals surface area contributed by atoms with Gasteiger partial charge in [-0.3, -0.25) is 14.4 Å². The van der Waals surface area contributed by atoms with Crippen LogP contribution < -0.4 is 16.8 Å². The fourth-order valence-electron chi connectivity index (χ4n) is 6.75. The molecule has 19 nitrogen and oxygen atoms in total. The molecule has 7 N–H and O–H groups in total.